The smallest absolute Gasteiger partial charge is 0.0164 e. The molecule has 1 fully saturated rings. The van der Waals surface area contributed by atoms with Gasteiger partial charge >= 0.3 is 0 Å². The Hall–Kier alpha value is -0.937. The summed E-state index contributed by atoms with van der Waals surface area (Å²) in [5.41, 5.74) is 11.2. The first kappa shape index (κ1) is 19.8. The zero-order valence-electron chi connectivity index (χ0n) is 16.4. The normalized spacial score (nSPS) is 16.8. The molecule has 0 spiro atoms. The summed E-state index contributed by atoms with van der Waals surface area (Å²) in [7, 11) is 0. The van der Waals surface area contributed by atoms with Crippen LogP contribution in [0.5, 0.6) is 0 Å². The third-order valence-corrected chi connectivity index (χ3v) is 5.81. The summed E-state index contributed by atoms with van der Waals surface area (Å²) >= 11 is 0. The van der Waals surface area contributed by atoms with Gasteiger partial charge in [0.25, 0.3) is 0 Å². The van der Waals surface area contributed by atoms with E-state index in [0.29, 0.717) is 0 Å². The maximum atomic E-state index is 2.47. The average molecular weight is 421 g/mol. The average Bonchev–Trinajstić information content (AvgIpc) is 2.96. The number of aryl methyl sites for hydroxylation is 3. The molecule has 2 aliphatic carbocycles. The monoisotopic (exact) mass is 419 g/mol. The Kier molecular flexibility index (Phi) is 6.39. The van der Waals surface area contributed by atoms with Crippen LogP contribution in [0.15, 0.2) is 35.9 Å². The molecule has 1 heteroatoms. The summed E-state index contributed by atoms with van der Waals surface area (Å²) in [6.45, 7) is 6.62. The Morgan fingerprint density at radius 2 is 1.46 bits per heavy atom. The van der Waals surface area contributed by atoms with E-state index in [2.05, 4.69) is 63.6 Å². The molecule has 0 amide bonds. The molecule has 0 unspecified atom stereocenters. The number of allylic oxidation sites excluding steroid dienone is 1. The van der Waals surface area contributed by atoms with Gasteiger partial charge in [-0.2, -0.15) is 0 Å². The van der Waals surface area contributed by atoms with Gasteiger partial charge in [-0.1, -0.05) is 90.8 Å². The molecule has 133 valence electrons. The van der Waals surface area contributed by atoms with Gasteiger partial charge in [0, 0.05) is 32.6 Å². The quantitative estimate of drug-likeness (QED) is 0.492. The molecule has 1 radical (unpaired) electrons. The van der Waals surface area contributed by atoms with Crippen LogP contribution < -0.4 is 0 Å². The van der Waals surface area contributed by atoms with Gasteiger partial charge in [0.15, 0.2) is 0 Å². The molecular weight excluding hydrogens is 391 g/mol. The van der Waals surface area contributed by atoms with Gasteiger partial charge in [-0.25, -0.2) is 0 Å². The Balaban J connectivity index is 0.00000196. The molecule has 0 N–H and O–H groups in total. The van der Waals surface area contributed by atoms with Gasteiger partial charge in [0.2, 0.25) is 0 Å². The molecule has 2 aromatic rings. The molecule has 0 aromatic heterocycles. The standard InChI is InChI=1S/C25H29.Zr/c1-17-9-18(2)11-22(10-17)24-13-19(3)12-23-15-21(16-25(23)24)14-20-7-5-4-6-8-20;/h9-13,15-16,20H,4-8,14H2,1-3H3;. The third kappa shape index (κ3) is 4.31. The first-order valence-corrected chi connectivity index (χ1v) is 9.87. The summed E-state index contributed by atoms with van der Waals surface area (Å²) in [6, 6.07) is 11.6. The van der Waals surface area contributed by atoms with E-state index in [4.69, 9.17) is 0 Å². The number of rotatable bonds is 3. The predicted octanol–water partition coefficient (Wildman–Crippen LogP) is 7.20. The van der Waals surface area contributed by atoms with Crippen molar-refractivity contribution in [3.8, 4) is 11.1 Å². The van der Waals surface area contributed by atoms with E-state index in [9.17, 15) is 0 Å². The fourth-order valence-corrected chi connectivity index (χ4v) is 4.74. The Morgan fingerprint density at radius 1 is 0.808 bits per heavy atom. The van der Waals surface area contributed by atoms with Crippen LogP contribution >= 0.6 is 0 Å². The Bertz CT molecular complexity index is 802. The van der Waals surface area contributed by atoms with Crippen LogP contribution in [-0.2, 0) is 26.2 Å². The van der Waals surface area contributed by atoms with E-state index in [1.807, 2.05) is 0 Å². The fourth-order valence-electron chi connectivity index (χ4n) is 4.74. The number of hydrogen-bond donors (Lipinski definition) is 0. The second kappa shape index (κ2) is 8.39. The van der Waals surface area contributed by atoms with Crippen molar-refractivity contribution >= 4 is 6.08 Å². The van der Waals surface area contributed by atoms with Crippen molar-refractivity contribution in [3.05, 3.63) is 70.1 Å². The van der Waals surface area contributed by atoms with Crippen LogP contribution in [0, 0.1) is 33.1 Å². The second-order valence-corrected chi connectivity index (χ2v) is 8.26. The van der Waals surface area contributed by atoms with Crippen molar-refractivity contribution in [1.29, 1.82) is 0 Å². The topological polar surface area (TPSA) is 0 Å². The minimum absolute atomic E-state index is 0. The SMILES string of the molecule is Cc1cc(C)cc(-c2cc(C)cc3c2C=C(CC2CCCCC2)[CH]3)c1.[Zr]. The molecular formula is C25H29Zr. The summed E-state index contributed by atoms with van der Waals surface area (Å²) in [4.78, 5) is 0. The van der Waals surface area contributed by atoms with Crippen molar-refractivity contribution in [3.63, 3.8) is 0 Å². The molecule has 0 bridgehead atoms. The van der Waals surface area contributed by atoms with E-state index in [-0.39, 0.29) is 26.2 Å². The number of benzene rings is 2. The van der Waals surface area contributed by atoms with Gasteiger partial charge in [0.1, 0.15) is 0 Å². The van der Waals surface area contributed by atoms with Crippen molar-refractivity contribution in [2.75, 3.05) is 0 Å². The van der Waals surface area contributed by atoms with Crippen LogP contribution in [0.3, 0.4) is 0 Å². The molecule has 0 aliphatic heterocycles. The summed E-state index contributed by atoms with van der Waals surface area (Å²) < 4.78 is 0. The fraction of sp³-hybridized carbons (Fsp3) is 0.400. The molecule has 2 aromatic carbocycles. The first-order chi connectivity index (χ1) is 12.1. The molecule has 4 rings (SSSR count). The third-order valence-electron chi connectivity index (χ3n) is 5.81. The van der Waals surface area contributed by atoms with Gasteiger partial charge in [-0.15, -0.1) is 0 Å². The van der Waals surface area contributed by atoms with E-state index in [1.165, 1.54) is 83.0 Å². The van der Waals surface area contributed by atoms with Crippen molar-refractivity contribution < 1.29 is 26.2 Å². The summed E-state index contributed by atoms with van der Waals surface area (Å²) in [6.07, 6.45) is 13.3. The molecule has 26 heavy (non-hydrogen) atoms. The summed E-state index contributed by atoms with van der Waals surface area (Å²) in [5.74, 6) is 0.899. The van der Waals surface area contributed by atoms with Gasteiger partial charge in [-0.05, 0) is 55.4 Å². The molecule has 1 saturated carbocycles. The zero-order chi connectivity index (χ0) is 17.4. The maximum absolute atomic E-state index is 2.47. The van der Waals surface area contributed by atoms with Crippen molar-refractivity contribution in [2.24, 2.45) is 5.92 Å². The van der Waals surface area contributed by atoms with Gasteiger partial charge < -0.3 is 0 Å². The van der Waals surface area contributed by atoms with Crippen molar-refractivity contribution in [1.82, 2.24) is 0 Å². The Labute approximate surface area is 178 Å². The largest absolute Gasteiger partial charge is 0.0609 e. The van der Waals surface area contributed by atoms with Crippen LogP contribution in [0.2, 0.25) is 0 Å². The van der Waals surface area contributed by atoms with Gasteiger partial charge in [0.05, 0.1) is 0 Å². The van der Waals surface area contributed by atoms with Gasteiger partial charge in [-0.3, -0.25) is 0 Å². The van der Waals surface area contributed by atoms with E-state index in [1.54, 1.807) is 0 Å². The van der Waals surface area contributed by atoms with E-state index >= 15 is 0 Å². The minimum atomic E-state index is 0. The molecule has 0 nitrogen and oxygen atoms in total. The minimum Gasteiger partial charge on any atom is -0.0609 e. The molecule has 2 aliphatic rings. The number of hydrogen-bond acceptors (Lipinski definition) is 0. The maximum Gasteiger partial charge on any atom is 0.0164 e. The zero-order valence-corrected chi connectivity index (χ0v) is 18.8. The summed E-state index contributed by atoms with van der Waals surface area (Å²) in [5, 5.41) is 0. The van der Waals surface area contributed by atoms with Crippen LogP contribution in [0.25, 0.3) is 17.2 Å². The first-order valence-electron chi connectivity index (χ1n) is 9.87. The van der Waals surface area contributed by atoms with E-state index in [0.717, 1.165) is 5.92 Å². The molecule has 0 atom stereocenters. The van der Waals surface area contributed by atoms with Crippen LogP contribution in [-0.4, -0.2) is 0 Å². The predicted molar refractivity (Wildman–Crippen MR) is 109 cm³/mol. The van der Waals surface area contributed by atoms with E-state index < -0.39 is 0 Å². The Morgan fingerprint density at radius 3 is 2.15 bits per heavy atom. The van der Waals surface area contributed by atoms with Crippen LogP contribution in [0.4, 0.5) is 0 Å². The number of fused-ring (bicyclic) bond motifs is 1. The molecule has 0 heterocycles. The van der Waals surface area contributed by atoms with Crippen LogP contribution in [0.1, 0.15) is 66.3 Å². The van der Waals surface area contributed by atoms with Crippen molar-refractivity contribution in [2.45, 2.75) is 59.3 Å². The molecule has 0 saturated heterocycles. The second-order valence-electron chi connectivity index (χ2n) is 8.26.